The van der Waals surface area contributed by atoms with Crippen molar-refractivity contribution in [3.63, 3.8) is 0 Å². The number of alkyl halides is 2. The van der Waals surface area contributed by atoms with E-state index in [1.54, 1.807) is 0 Å². The number of piperidine rings is 2. The monoisotopic (exact) mass is 232 g/mol. The Morgan fingerprint density at radius 2 is 2.00 bits per heavy atom. The zero-order valence-electron chi connectivity index (χ0n) is 9.85. The van der Waals surface area contributed by atoms with Crippen molar-refractivity contribution in [2.75, 3.05) is 32.7 Å². The van der Waals surface area contributed by atoms with E-state index in [0.29, 0.717) is 6.42 Å². The normalized spacial score (nSPS) is 28.1. The van der Waals surface area contributed by atoms with Crippen LogP contribution in [0.2, 0.25) is 0 Å². The molecule has 94 valence electrons. The first-order valence-electron chi connectivity index (χ1n) is 6.47. The predicted octanol–water partition coefficient (Wildman–Crippen LogP) is 2.11. The molecule has 0 spiro atoms. The van der Waals surface area contributed by atoms with E-state index in [9.17, 15) is 8.78 Å². The Morgan fingerprint density at radius 1 is 1.25 bits per heavy atom. The van der Waals surface area contributed by atoms with Gasteiger partial charge in [0.1, 0.15) is 0 Å². The molecule has 0 saturated carbocycles. The van der Waals surface area contributed by atoms with Crippen molar-refractivity contribution < 1.29 is 8.78 Å². The maximum absolute atomic E-state index is 13.2. The van der Waals surface area contributed by atoms with Crippen molar-refractivity contribution in [2.45, 2.75) is 38.0 Å². The highest BCUT2D eigenvalue weighted by atomic mass is 19.3. The summed E-state index contributed by atoms with van der Waals surface area (Å²) in [5.74, 6) is -1.69. The molecule has 2 aliphatic heterocycles. The second-order valence-electron chi connectivity index (χ2n) is 5.22. The number of hydrogen-bond donors (Lipinski definition) is 1. The standard InChI is InChI=1S/C12H22F2N2/c13-12(14)5-1-8-16(10-12)9-4-11-2-6-15-7-3-11/h11,15H,1-10H2. The zero-order valence-corrected chi connectivity index (χ0v) is 9.85. The second kappa shape index (κ2) is 5.41. The van der Waals surface area contributed by atoms with Gasteiger partial charge < -0.3 is 5.32 Å². The van der Waals surface area contributed by atoms with Gasteiger partial charge in [-0.05, 0) is 57.8 Å². The van der Waals surface area contributed by atoms with Gasteiger partial charge in [-0.25, -0.2) is 8.78 Å². The summed E-state index contributed by atoms with van der Waals surface area (Å²) >= 11 is 0. The third-order valence-corrected chi connectivity index (χ3v) is 3.78. The van der Waals surface area contributed by atoms with Gasteiger partial charge in [0.15, 0.2) is 0 Å². The Hall–Kier alpha value is -0.220. The smallest absolute Gasteiger partial charge is 0.260 e. The summed E-state index contributed by atoms with van der Waals surface area (Å²) in [6.45, 7) is 3.90. The van der Waals surface area contributed by atoms with Crippen LogP contribution in [0.4, 0.5) is 8.78 Å². The van der Waals surface area contributed by atoms with Crippen molar-refractivity contribution in [1.29, 1.82) is 0 Å². The summed E-state index contributed by atoms with van der Waals surface area (Å²) in [6.07, 6.45) is 4.25. The minimum atomic E-state index is -2.44. The maximum atomic E-state index is 13.2. The third-order valence-electron chi connectivity index (χ3n) is 3.78. The van der Waals surface area contributed by atoms with Gasteiger partial charge in [0.2, 0.25) is 0 Å². The van der Waals surface area contributed by atoms with Gasteiger partial charge in [-0.2, -0.15) is 0 Å². The SMILES string of the molecule is FC1(F)CCCN(CCC2CCNCC2)C1. The number of hydrogen-bond acceptors (Lipinski definition) is 2. The molecule has 0 unspecified atom stereocenters. The molecule has 0 amide bonds. The van der Waals surface area contributed by atoms with E-state index >= 15 is 0 Å². The minimum absolute atomic E-state index is 0.0159. The molecule has 0 bridgehead atoms. The van der Waals surface area contributed by atoms with Crippen LogP contribution in [0.3, 0.4) is 0 Å². The van der Waals surface area contributed by atoms with Crippen LogP contribution in [0.5, 0.6) is 0 Å². The lowest BCUT2D eigenvalue weighted by Crippen LogP contribution is -2.43. The molecule has 1 N–H and O–H groups in total. The Balaban J connectivity index is 1.68. The van der Waals surface area contributed by atoms with Crippen LogP contribution >= 0.6 is 0 Å². The number of halogens is 2. The molecule has 16 heavy (non-hydrogen) atoms. The van der Waals surface area contributed by atoms with E-state index in [1.165, 1.54) is 12.8 Å². The highest BCUT2D eigenvalue weighted by molar-refractivity contribution is 4.79. The first kappa shape index (κ1) is 12.2. The van der Waals surface area contributed by atoms with Crippen LogP contribution in [0, 0.1) is 5.92 Å². The number of nitrogens with one attached hydrogen (secondary N) is 1. The predicted molar refractivity (Wildman–Crippen MR) is 60.8 cm³/mol. The highest BCUT2D eigenvalue weighted by Gasteiger charge is 2.34. The second-order valence-corrected chi connectivity index (χ2v) is 5.22. The lowest BCUT2D eigenvalue weighted by molar-refractivity contribution is -0.0649. The Bertz CT molecular complexity index is 215. The lowest BCUT2D eigenvalue weighted by atomic mass is 9.94. The minimum Gasteiger partial charge on any atom is -0.317 e. The fraction of sp³-hybridized carbons (Fsp3) is 1.00. The van der Waals surface area contributed by atoms with Crippen molar-refractivity contribution in [1.82, 2.24) is 10.2 Å². The summed E-state index contributed by atoms with van der Waals surface area (Å²) in [4.78, 5) is 1.95. The van der Waals surface area contributed by atoms with Crippen molar-refractivity contribution in [3.05, 3.63) is 0 Å². The van der Waals surface area contributed by atoms with Crippen LogP contribution in [-0.2, 0) is 0 Å². The molecular weight excluding hydrogens is 210 g/mol. The van der Waals surface area contributed by atoms with Gasteiger partial charge in [-0.3, -0.25) is 4.90 Å². The maximum Gasteiger partial charge on any atom is 0.260 e. The Kier molecular flexibility index (Phi) is 4.14. The summed E-state index contributed by atoms with van der Waals surface area (Å²) in [6, 6.07) is 0. The molecule has 0 aromatic rings. The Labute approximate surface area is 96.4 Å². The summed E-state index contributed by atoms with van der Waals surface area (Å²) in [5.41, 5.74) is 0. The molecule has 2 heterocycles. The van der Waals surface area contributed by atoms with Gasteiger partial charge in [0.05, 0.1) is 6.54 Å². The van der Waals surface area contributed by atoms with Crippen LogP contribution < -0.4 is 5.32 Å². The van der Waals surface area contributed by atoms with Crippen LogP contribution in [0.15, 0.2) is 0 Å². The molecular formula is C12H22F2N2. The van der Waals surface area contributed by atoms with Gasteiger partial charge in [-0.1, -0.05) is 0 Å². The van der Waals surface area contributed by atoms with E-state index in [4.69, 9.17) is 0 Å². The van der Waals surface area contributed by atoms with Crippen molar-refractivity contribution in [3.8, 4) is 0 Å². The quantitative estimate of drug-likeness (QED) is 0.801. The van der Waals surface area contributed by atoms with E-state index in [-0.39, 0.29) is 13.0 Å². The van der Waals surface area contributed by atoms with Crippen molar-refractivity contribution in [2.24, 2.45) is 5.92 Å². The van der Waals surface area contributed by atoms with E-state index in [0.717, 1.165) is 38.5 Å². The molecule has 0 aliphatic carbocycles. The first-order valence-corrected chi connectivity index (χ1v) is 6.47. The van der Waals surface area contributed by atoms with Crippen molar-refractivity contribution >= 4 is 0 Å². The summed E-state index contributed by atoms with van der Waals surface area (Å²) in [5, 5.41) is 3.33. The largest absolute Gasteiger partial charge is 0.317 e. The summed E-state index contributed by atoms with van der Waals surface area (Å²) < 4.78 is 26.3. The first-order chi connectivity index (χ1) is 7.66. The highest BCUT2D eigenvalue weighted by Crippen LogP contribution is 2.27. The van der Waals surface area contributed by atoms with Gasteiger partial charge in [0, 0.05) is 6.42 Å². The average molecular weight is 232 g/mol. The van der Waals surface area contributed by atoms with E-state index in [2.05, 4.69) is 5.32 Å². The Morgan fingerprint density at radius 3 is 2.69 bits per heavy atom. The third kappa shape index (κ3) is 3.67. The topological polar surface area (TPSA) is 15.3 Å². The summed E-state index contributed by atoms with van der Waals surface area (Å²) in [7, 11) is 0. The van der Waals surface area contributed by atoms with Gasteiger partial charge in [0.25, 0.3) is 5.92 Å². The zero-order chi connectivity index (χ0) is 11.4. The molecule has 2 saturated heterocycles. The lowest BCUT2D eigenvalue weighted by Gasteiger charge is -2.33. The van der Waals surface area contributed by atoms with E-state index in [1.807, 2.05) is 4.90 Å². The molecule has 0 aromatic carbocycles. The number of nitrogens with zero attached hydrogens (tertiary/aromatic N) is 1. The molecule has 0 aromatic heterocycles. The number of likely N-dealkylation sites (tertiary alicyclic amines) is 1. The van der Waals surface area contributed by atoms with Crippen LogP contribution in [0.1, 0.15) is 32.1 Å². The van der Waals surface area contributed by atoms with Crippen LogP contribution in [0.25, 0.3) is 0 Å². The molecule has 2 aliphatic rings. The van der Waals surface area contributed by atoms with Gasteiger partial charge in [-0.15, -0.1) is 0 Å². The molecule has 4 heteroatoms. The molecule has 2 fully saturated rings. The molecule has 2 rings (SSSR count). The van der Waals surface area contributed by atoms with E-state index < -0.39 is 5.92 Å². The molecule has 2 nitrogen and oxygen atoms in total. The van der Waals surface area contributed by atoms with Crippen LogP contribution in [-0.4, -0.2) is 43.5 Å². The fourth-order valence-corrected chi connectivity index (χ4v) is 2.77. The average Bonchev–Trinajstić information content (AvgIpc) is 2.27. The fourth-order valence-electron chi connectivity index (χ4n) is 2.77. The molecule has 0 atom stereocenters. The number of rotatable bonds is 3. The van der Waals surface area contributed by atoms with Gasteiger partial charge >= 0.3 is 0 Å². The molecule has 0 radical (unpaired) electrons.